The topological polar surface area (TPSA) is 140 Å². The van der Waals surface area contributed by atoms with E-state index in [1.807, 2.05) is 12.1 Å². The molecule has 202 valence electrons. The first-order valence-corrected chi connectivity index (χ1v) is 12.7. The van der Waals surface area contributed by atoms with Crippen molar-refractivity contribution >= 4 is 40.0 Å². The zero-order valence-corrected chi connectivity index (χ0v) is 21.7. The second-order valence-electron chi connectivity index (χ2n) is 11.3. The third-order valence-electron chi connectivity index (χ3n) is 8.31. The minimum Gasteiger partial charge on any atom is -0.494 e. The molecule has 0 spiro atoms. The highest BCUT2D eigenvalue weighted by molar-refractivity contribution is 6.58. The summed E-state index contributed by atoms with van der Waals surface area (Å²) in [5, 5.41) is 27.8. The molecule has 39 heavy (non-hydrogen) atoms. The molecule has 11 heteroatoms. The molecule has 3 heterocycles. The Balaban J connectivity index is 1.21. The van der Waals surface area contributed by atoms with Crippen LogP contribution in [0.3, 0.4) is 0 Å². The molecule has 0 unspecified atom stereocenters. The van der Waals surface area contributed by atoms with Crippen LogP contribution < -0.4 is 5.32 Å². The van der Waals surface area contributed by atoms with Crippen LogP contribution in [-0.2, 0) is 9.63 Å². The number of hydrogen-bond donors (Lipinski definition) is 4. The van der Waals surface area contributed by atoms with Gasteiger partial charge in [-0.05, 0) is 29.7 Å². The van der Waals surface area contributed by atoms with Crippen molar-refractivity contribution in [3.63, 3.8) is 0 Å². The number of oxime groups is 1. The van der Waals surface area contributed by atoms with Gasteiger partial charge >= 0.3 is 6.09 Å². The third-order valence-corrected chi connectivity index (χ3v) is 8.31. The number of fused-ring (bicyclic) bond motifs is 3. The van der Waals surface area contributed by atoms with Crippen LogP contribution in [0.5, 0.6) is 5.88 Å². The Morgan fingerprint density at radius 3 is 2.77 bits per heavy atom. The fourth-order valence-electron chi connectivity index (χ4n) is 6.35. The number of aliphatic imine (C=N–C) groups is 1. The van der Waals surface area contributed by atoms with E-state index in [9.17, 15) is 24.2 Å². The van der Waals surface area contributed by atoms with E-state index in [2.05, 4.69) is 41.2 Å². The van der Waals surface area contributed by atoms with Crippen molar-refractivity contribution in [1.29, 1.82) is 0 Å². The summed E-state index contributed by atoms with van der Waals surface area (Å²) in [6.07, 6.45) is -0.951. The third kappa shape index (κ3) is 3.83. The largest absolute Gasteiger partial charge is 0.494 e. The summed E-state index contributed by atoms with van der Waals surface area (Å²) >= 11 is 0. The van der Waals surface area contributed by atoms with Crippen LogP contribution in [0.1, 0.15) is 31.9 Å². The van der Waals surface area contributed by atoms with Gasteiger partial charge in [0.2, 0.25) is 0 Å². The number of carboxylic acid groups (broad SMARTS) is 1. The number of hydrogen-bond acceptors (Lipinski definition) is 6. The maximum Gasteiger partial charge on any atom is 0.407 e. The average molecular weight is 534 g/mol. The lowest BCUT2D eigenvalue weighted by Crippen LogP contribution is -2.44. The average Bonchev–Trinajstić information content (AvgIpc) is 3.21. The minimum atomic E-state index is -0.951. The fourth-order valence-corrected chi connectivity index (χ4v) is 6.35. The van der Waals surface area contributed by atoms with Gasteiger partial charge in [-0.1, -0.05) is 44.1 Å². The molecule has 1 aliphatic carbocycles. The molecule has 2 aliphatic heterocycles. The van der Waals surface area contributed by atoms with Crippen molar-refractivity contribution in [3.8, 4) is 5.88 Å². The summed E-state index contributed by atoms with van der Waals surface area (Å²) in [5.74, 6) is -0.981. The van der Waals surface area contributed by atoms with E-state index in [1.165, 1.54) is 23.1 Å². The number of likely N-dealkylation sites (tertiary alicyclic amines) is 1. The van der Waals surface area contributed by atoms with Crippen LogP contribution in [0.2, 0.25) is 0 Å². The van der Waals surface area contributed by atoms with Gasteiger partial charge in [0.15, 0.2) is 12.5 Å². The van der Waals surface area contributed by atoms with Crippen LogP contribution in [-0.4, -0.2) is 69.3 Å². The van der Waals surface area contributed by atoms with Crippen molar-refractivity contribution in [2.45, 2.75) is 26.8 Å². The summed E-state index contributed by atoms with van der Waals surface area (Å²) in [6.45, 7) is 6.57. The van der Waals surface area contributed by atoms with Gasteiger partial charge in [-0.15, -0.1) is 0 Å². The van der Waals surface area contributed by atoms with Crippen molar-refractivity contribution < 1.29 is 29.0 Å². The Bertz CT molecular complexity index is 1590. The number of para-hydroxylation sites is 1. The van der Waals surface area contributed by atoms with Crippen molar-refractivity contribution in [2.24, 2.45) is 26.9 Å². The summed E-state index contributed by atoms with van der Waals surface area (Å²) in [4.78, 5) is 38.7. The van der Waals surface area contributed by atoms with E-state index >= 15 is 0 Å². The van der Waals surface area contributed by atoms with E-state index in [0.29, 0.717) is 46.7 Å². The summed E-state index contributed by atoms with van der Waals surface area (Å²) < 4.78 is 14.1. The second kappa shape index (κ2) is 8.55. The Morgan fingerprint density at radius 1 is 1.28 bits per heavy atom. The Kier molecular flexibility index (Phi) is 5.46. The molecule has 3 atom stereocenters. The maximum absolute atomic E-state index is 14.1. The van der Waals surface area contributed by atoms with Crippen LogP contribution >= 0.6 is 0 Å². The monoisotopic (exact) mass is 533 g/mol. The number of H-pyrrole nitrogens is 1. The molecule has 1 aromatic heterocycles. The first-order valence-electron chi connectivity index (χ1n) is 12.7. The molecule has 0 radical (unpaired) electrons. The van der Waals surface area contributed by atoms with E-state index in [4.69, 9.17) is 4.84 Å². The van der Waals surface area contributed by atoms with Gasteiger partial charge in [0.1, 0.15) is 17.2 Å². The highest BCUT2D eigenvalue weighted by Crippen LogP contribution is 2.66. The van der Waals surface area contributed by atoms with Crippen LogP contribution in [0, 0.1) is 22.6 Å². The van der Waals surface area contributed by atoms with Crippen molar-refractivity contribution in [1.82, 2.24) is 15.2 Å². The van der Waals surface area contributed by atoms with E-state index < -0.39 is 11.9 Å². The predicted molar refractivity (Wildman–Crippen MR) is 142 cm³/mol. The first kappa shape index (κ1) is 24.9. The van der Waals surface area contributed by atoms with Gasteiger partial charge in [-0.2, -0.15) is 0 Å². The van der Waals surface area contributed by atoms with E-state index in [0.717, 1.165) is 0 Å². The normalized spacial score (nSPS) is 24.5. The standard InChI is InChI=1S/C28H28FN5O5/c1-27(2,3)28-13-34(26(37)38)11-17(28)24(28)32-20(35)12-39-33-22-15-6-4-5-7-18(15)30-23(22)21-16-10-14(29)8-9-19(16)31-25(21)36/h4-10,17,24,31,36H,11-13H2,1-3H3,(H,32,35)(H,37,38)/b33-22+/t17-,24-,28-/m0/s1. The number of piperidine rings is 1. The van der Waals surface area contributed by atoms with Crippen LogP contribution in [0.15, 0.2) is 52.6 Å². The zero-order chi connectivity index (χ0) is 27.7. The Morgan fingerprint density at radius 2 is 2.05 bits per heavy atom. The molecule has 1 saturated carbocycles. The molecule has 2 fully saturated rings. The maximum atomic E-state index is 14.1. The molecular weight excluding hydrogens is 505 g/mol. The molecule has 0 bridgehead atoms. The zero-order valence-electron chi connectivity index (χ0n) is 21.7. The molecule has 3 aromatic rings. The molecule has 2 aromatic carbocycles. The first-order chi connectivity index (χ1) is 18.5. The predicted octanol–water partition coefficient (Wildman–Crippen LogP) is 4.01. The molecule has 10 nitrogen and oxygen atoms in total. The number of carbonyl (C=O) groups excluding carboxylic acids is 1. The van der Waals surface area contributed by atoms with Gasteiger partial charge < -0.3 is 30.3 Å². The number of halogens is 1. The lowest BCUT2D eigenvalue weighted by molar-refractivity contribution is -0.126. The number of aromatic nitrogens is 1. The van der Waals surface area contributed by atoms with Gasteiger partial charge in [0.05, 0.1) is 11.3 Å². The Hall–Kier alpha value is -4.41. The molecule has 1 saturated heterocycles. The molecular formula is C28H28FN5O5. The van der Waals surface area contributed by atoms with Gasteiger partial charge in [-0.25, -0.2) is 14.2 Å². The Labute approximate surface area is 223 Å². The number of carbonyl (C=O) groups is 2. The summed E-state index contributed by atoms with van der Waals surface area (Å²) in [7, 11) is 0. The van der Waals surface area contributed by atoms with Crippen molar-refractivity contribution in [3.05, 3.63) is 59.4 Å². The van der Waals surface area contributed by atoms with E-state index in [1.54, 1.807) is 12.1 Å². The number of nitrogens with zero attached hydrogens (tertiary/aromatic N) is 3. The number of aromatic amines is 1. The van der Waals surface area contributed by atoms with Gasteiger partial charge in [0.25, 0.3) is 5.91 Å². The quantitative estimate of drug-likeness (QED) is 0.367. The summed E-state index contributed by atoms with van der Waals surface area (Å²) in [5.41, 5.74) is 2.13. The fraction of sp³-hybridized carbons (Fsp3) is 0.357. The number of rotatable bonds is 5. The number of nitrogens with one attached hydrogen (secondary N) is 2. The lowest BCUT2D eigenvalue weighted by Gasteiger charge is -2.32. The van der Waals surface area contributed by atoms with Crippen LogP contribution in [0.4, 0.5) is 14.9 Å². The van der Waals surface area contributed by atoms with E-state index in [-0.39, 0.29) is 46.7 Å². The molecule has 4 N–H and O–H groups in total. The van der Waals surface area contributed by atoms with Crippen molar-refractivity contribution in [2.75, 3.05) is 19.7 Å². The number of benzene rings is 2. The van der Waals surface area contributed by atoms with Gasteiger partial charge in [-0.3, -0.25) is 4.79 Å². The van der Waals surface area contributed by atoms with Crippen LogP contribution in [0.25, 0.3) is 10.9 Å². The molecule has 3 aliphatic rings. The number of amides is 2. The highest BCUT2D eigenvalue weighted by atomic mass is 19.1. The smallest absolute Gasteiger partial charge is 0.407 e. The second-order valence-corrected chi connectivity index (χ2v) is 11.3. The SMILES string of the molecule is CC(C)(C)[C@@]12CN(C(=O)O)C[C@H]1[C@@H]2NC(=O)CO/N=C1/C(c2c(O)[nH]c3ccc(F)cc23)=Nc2ccccc21. The molecule has 6 rings (SSSR count). The summed E-state index contributed by atoms with van der Waals surface area (Å²) in [6, 6.07) is 11.2. The minimum absolute atomic E-state index is 0.0366. The highest BCUT2D eigenvalue weighted by Gasteiger charge is 2.74. The number of aromatic hydroxyl groups is 1. The molecule has 2 amide bonds. The van der Waals surface area contributed by atoms with Gasteiger partial charge in [0, 0.05) is 46.9 Å². The lowest BCUT2D eigenvalue weighted by atomic mass is 9.76.